The first-order chi connectivity index (χ1) is 6.77. The van der Waals surface area contributed by atoms with Crippen LogP contribution >= 0.6 is 0 Å². The van der Waals surface area contributed by atoms with Crippen molar-refractivity contribution in [3.63, 3.8) is 0 Å². The van der Waals surface area contributed by atoms with Crippen LogP contribution in [0.4, 0.5) is 0 Å². The molecule has 0 radical (unpaired) electrons. The van der Waals surface area contributed by atoms with E-state index in [0.717, 1.165) is 0 Å². The number of aldehydes is 1. The summed E-state index contributed by atoms with van der Waals surface area (Å²) in [6.45, 7) is 0.569. The summed E-state index contributed by atoms with van der Waals surface area (Å²) in [5.74, 6) is 5.76. The number of phenols is 1. The Bertz CT molecular complexity index is 388. The van der Waals surface area contributed by atoms with Crippen LogP contribution in [0.2, 0.25) is 0 Å². The lowest BCUT2D eigenvalue weighted by atomic mass is 10.1. The molecule has 0 fully saturated rings. The first kappa shape index (κ1) is 10.3. The summed E-state index contributed by atoms with van der Waals surface area (Å²) in [6.07, 6.45) is 0.684. The third-order valence-electron chi connectivity index (χ3n) is 1.65. The molecule has 0 aliphatic heterocycles. The minimum atomic E-state index is 0.0752. The van der Waals surface area contributed by atoms with Gasteiger partial charge in [-0.05, 0) is 25.2 Å². The van der Waals surface area contributed by atoms with E-state index in [1.807, 2.05) is 0 Å². The molecular weight excluding hydrogens is 178 g/mol. The Morgan fingerprint density at radius 2 is 2.36 bits per heavy atom. The number of hydrogen-bond donors (Lipinski definition) is 2. The van der Waals surface area contributed by atoms with Gasteiger partial charge in [-0.2, -0.15) is 0 Å². The minimum Gasteiger partial charge on any atom is -0.508 e. The topological polar surface area (TPSA) is 49.3 Å². The van der Waals surface area contributed by atoms with E-state index in [4.69, 9.17) is 5.11 Å². The smallest absolute Gasteiger partial charge is 0.151 e. The average molecular weight is 189 g/mol. The largest absolute Gasteiger partial charge is 0.508 e. The molecule has 0 heterocycles. The number of hydrogen-bond acceptors (Lipinski definition) is 3. The first-order valence-corrected chi connectivity index (χ1v) is 4.19. The van der Waals surface area contributed by atoms with Gasteiger partial charge in [-0.25, -0.2) is 0 Å². The van der Waals surface area contributed by atoms with E-state index in [1.54, 1.807) is 13.1 Å². The van der Waals surface area contributed by atoms with Crippen LogP contribution in [0.5, 0.6) is 5.75 Å². The van der Waals surface area contributed by atoms with E-state index >= 15 is 0 Å². The molecule has 0 spiro atoms. The van der Waals surface area contributed by atoms with Crippen LogP contribution < -0.4 is 5.32 Å². The molecule has 1 aromatic rings. The van der Waals surface area contributed by atoms with Crippen molar-refractivity contribution in [3.05, 3.63) is 29.3 Å². The molecule has 2 N–H and O–H groups in total. The minimum absolute atomic E-state index is 0.0752. The molecule has 0 unspecified atom stereocenters. The van der Waals surface area contributed by atoms with Crippen molar-refractivity contribution >= 4 is 6.29 Å². The Kier molecular flexibility index (Phi) is 3.71. The fraction of sp³-hybridized carbons (Fsp3) is 0.182. The Balaban J connectivity index is 2.98. The number of rotatable bonds is 2. The van der Waals surface area contributed by atoms with Crippen LogP contribution in [0.15, 0.2) is 18.2 Å². The third kappa shape index (κ3) is 2.61. The molecular formula is C11H11NO2. The van der Waals surface area contributed by atoms with Crippen LogP contribution in [-0.4, -0.2) is 25.0 Å². The van der Waals surface area contributed by atoms with Crippen molar-refractivity contribution in [1.29, 1.82) is 0 Å². The molecule has 14 heavy (non-hydrogen) atoms. The lowest BCUT2D eigenvalue weighted by molar-refractivity contribution is 0.112. The maximum atomic E-state index is 10.6. The Morgan fingerprint density at radius 3 is 3.00 bits per heavy atom. The van der Waals surface area contributed by atoms with Gasteiger partial charge in [0.05, 0.1) is 6.54 Å². The standard InChI is InChI=1S/C11H11NO2/c1-12-6-2-3-9-4-5-11(14)7-10(9)8-13/h4-5,7-8,12,14H,6H2,1H3. The summed E-state index contributed by atoms with van der Waals surface area (Å²) in [5, 5.41) is 12.0. The summed E-state index contributed by atoms with van der Waals surface area (Å²) >= 11 is 0. The zero-order chi connectivity index (χ0) is 10.4. The van der Waals surface area contributed by atoms with E-state index in [9.17, 15) is 4.79 Å². The lowest BCUT2D eigenvalue weighted by Crippen LogP contribution is -2.04. The van der Waals surface area contributed by atoms with E-state index in [1.165, 1.54) is 12.1 Å². The second kappa shape index (κ2) is 5.05. The molecule has 0 atom stereocenters. The Hall–Kier alpha value is -1.79. The Labute approximate surface area is 82.8 Å². The highest BCUT2D eigenvalue weighted by Gasteiger charge is 1.99. The van der Waals surface area contributed by atoms with Gasteiger partial charge in [0.15, 0.2) is 6.29 Å². The van der Waals surface area contributed by atoms with Crippen LogP contribution in [0.3, 0.4) is 0 Å². The normalized spacial score (nSPS) is 8.93. The molecule has 0 aliphatic carbocycles. The summed E-state index contributed by atoms with van der Waals surface area (Å²) < 4.78 is 0. The molecule has 3 nitrogen and oxygen atoms in total. The average Bonchev–Trinajstić information content (AvgIpc) is 2.20. The molecule has 0 saturated carbocycles. The van der Waals surface area contributed by atoms with Crippen molar-refractivity contribution < 1.29 is 9.90 Å². The molecule has 72 valence electrons. The molecule has 1 rings (SSSR count). The predicted octanol–water partition coefficient (Wildman–Crippen LogP) is 0.776. The van der Waals surface area contributed by atoms with Crippen molar-refractivity contribution in [2.45, 2.75) is 0 Å². The maximum absolute atomic E-state index is 10.6. The molecule has 0 saturated heterocycles. The predicted molar refractivity (Wildman–Crippen MR) is 54.3 cm³/mol. The fourth-order valence-electron chi connectivity index (χ4n) is 0.989. The number of carbonyl (C=O) groups excluding carboxylic acids is 1. The maximum Gasteiger partial charge on any atom is 0.151 e. The van der Waals surface area contributed by atoms with Gasteiger partial charge in [-0.15, -0.1) is 0 Å². The molecule has 0 bridgehead atoms. The number of nitrogens with one attached hydrogen (secondary N) is 1. The molecule has 0 aromatic heterocycles. The van der Waals surface area contributed by atoms with Crippen LogP contribution in [0.25, 0.3) is 0 Å². The number of benzene rings is 1. The summed E-state index contributed by atoms with van der Waals surface area (Å²) in [6, 6.07) is 4.54. The fourth-order valence-corrected chi connectivity index (χ4v) is 0.989. The quantitative estimate of drug-likeness (QED) is 0.534. The Morgan fingerprint density at radius 1 is 1.57 bits per heavy atom. The highest BCUT2D eigenvalue weighted by molar-refractivity contribution is 5.80. The highest BCUT2D eigenvalue weighted by atomic mass is 16.3. The summed E-state index contributed by atoms with van der Waals surface area (Å²) in [7, 11) is 1.80. The number of carbonyl (C=O) groups is 1. The third-order valence-corrected chi connectivity index (χ3v) is 1.65. The van der Waals surface area contributed by atoms with Gasteiger partial charge in [0.2, 0.25) is 0 Å². The summed E-state index contributed by atoms with van der Waals surface area (Å²) in [4.78, 5) is 10.6. The second-order valence-corrected chi connectivity index (χ2v) is 2.72. The van der Waals surface area contributed by atoms with Gasteiger partial charge >= 0.3 is 0 Å². The van der Waals surface area contributed by atoms with E-state index in [0.29, 0.717) is 24.0 Å². The van der Waals surface area contributed by atoms with Gasteiger partial charge in [-0.3, -0.25) is 4.79 Å². The SMILES string of the molecule is CNCC#Cc1ccc(O)cc1C=O. The monoisotopic (exact) mass is 189 g/mol. The van der Waals surface area contributed by atoms with Crippen LogP contribution in [0.1, 0.15) is 15.9 Å². The molecule has 1 aromatic carbocycles. The van der Waals surface area contributed by atoms with E-state index in [-0.39, 0.29) is 5.75 Å². The van der Waals surface area contributed by atoms with Gasteiger partial charge < -0.3 is 10.4 Å². The van der Waals surface area contributed by atoms with Crippen LogP contribution in [0, 0.1) is 11.8 Å². The second-order valence-electron chi connectivity index (χ2n) is 2.72. The van der Waals surface area contributed by atoms with Crippen molar-refractivity contribution in [1.82, 2.24) is 5.32 Å². The molecule has 3 heteroatoms. The van der Waals surface area contributed by atoms with Crippen molar-refractivity contribution in [2.24, 2.45) is 0 Å². The summed E-state index contributed by atoms with van der Waals surface area (Å²) in [5.41, 5.74) is 1.04. The highest BCUT2D eigenvalue weighted by Crippen LogP contribution is 2.13. The van der Waals surface area contributed by atoms with Gasteiger partial charge in [-0.1, -0.05) is 11.8 Å². The lowest BCUT2D eigenvalue weighted by Gasteiger charge is -1.96. The van der Waals surface area contributed by atoms with E-state index in [2.05, 4.69) is 17.2 Å². The van der Waals surface area contributed by atoms with Crippen molar-refractivity contribution in [3.8, 4) is 17.6 Å². The van der Waals surface area contributed by atoms with Crippen molar-refractivity contribution in [2.75, 3.05) is 13.6 Å². The number of phenolic OH excluding ortho intramolecular Hbond substituents is 1. The zero-order valence-electron chi connectivity index (χ0n) is 7.87. The zero-order valence-corrected chi connectivity index (χ0v) is 7.87. The van der Waals surface area contributed by atoms with Gasteiger partial charge in [0.25, 0.3) is 0 Å². The first-order valence-electron chi connectivity index (χ1n) is 4.19. The van der Waals surface area contributed by atoms with Gasteiger partial charge in [0, 0.05) is 11.1 Å². The van der Waals surface area contributed by atoms with Gasteiger partial charge in [0.1, 0.15) is 5.75 Å². The van der Waals surface area contributed by atoms with Crippen LogP contribution in [-0.2, 0) is 0 Å². The number of aromatic hydroxyl groups is 1. The van der Waals surface area contributed by atoms with E-state index < -0.39 is 0 Å². The molecule has 0 amide bonds. The molecule has 0 aliphatic rings.